The molecule has 42 heavy (non-hydrogen) atoms. The van der Waals surface area contributed by atoms with E-state index in [1.54, 1.807) is 7.11 Å². The molecule has 234 valence electrons. The highest BCUT2D eigenvalue weighted by Gasteiger charge is 2.32. The molecule has 2 aromatic carbocycles. The Bertz CT molecular complexity index is 1220. The summed E-state index contributed by atoms with van der Waals surface area (Å²) < 4.78 is 40.1. The number of benzene rings is 2. The molecule has 12 heteroatoms. The first-order valence-corrected chi connectivity index (χ1v) is 15.7. The van der Waals surface area contributed by atoms with Gasteiger partial charge in [0.2, 0.25) is 0 Å². The van der Waals surface area contributed by atoms with Crippen molar-refractivity contribution >= 4 is 25.3 Å². The molecule has 1 amide bonds. The number of phosphoric acid groups is 1. The molecule has 0 aliphatic heterocycles. The standard InChI is InChI=1S/C30H44ClN2O8P/c1-8-33(9-2)29(34)28(31)22(3)30(41-42(35,36)38-7)40-26(20-32(4)5)21-39-27-16-11-10-14-24(27)18-17-23-13-12-15-25(19-23)37-6/h10-16,19,26,30H,8-9,17-18,20-21H2,1-7H3,(H,35,36)/b28-22+/t26-,30?/m1/s1. The zero-order valence-electron chi connectivity index (χ0n) is 25.5. The van der Waals surface area contributed by atoms with Crippen molar-refractivity contribution in [2.24, 2.45) is 0 Å². The lowest BCUT2D eigenvalue weighted by atomic mass is 10.0. The quantitative estimate of drug-likeness (QED) is 0.134. The van der Waals surface area contributed by atoms with Crippen molar-refractivity contribution in [1.82, 2.24) is 9.80 Å². The van der Waals surface area contributed by atoms with Crippen molar-refractivity contribution in [3.8, 4) is 11.5 Å². The van der Waals surface area contributed by atoms with E-state index in [9.17, 15) is 14.3 Å². The summed E-state index contributed by atoms with van der Waals surface area (Å²) in [5.74, 6) is 1.06. The Labute approximate surface area is 254 Å². The van der Waals surface area contributed by atoms with Gasteiger partial charge in [-0.15, -0.1) is 0 Å². The molecule has 0 aromatic heterocycles. The first-order valence-electron chi connectivity index (χ1n) is 13.8. The lowest BCUT2D eigenvalue weighted by Gasteiger charge is -2.29. The minimum Gasteiger partial charge on any atom is -0.497 e. The SMILES string of the molecule is CCN(CC)C(=O)/C(Cl)=C(/C)C(O[C@@H](COc1ccccc1CCc1cccc(OC)c1)CN(C)C)OP(=O)(O)OC. The Morgan fingerprint density at radius 2 is 1.74 bits per heavy atom. The molecule has 0 radical (unpaired) electrons. The van der Waals surface area contributed by atoms with Crippen molar-refractivity contribution in [3.63, 3.8) is 0 Å². The normalized spacial score (nSPS) is 15.0. The van der Waals surface area contributed by atoms with Crippen LogP contribution in [0.3, 0.4) is 0 Å². The van der Waals surface area contributed by atoms with E-state index in [1.165, 1.54) is 11.8 Å². The molecule has 2 unspecified atom stereocenters. The predicted molar refractivity (Wildman–Crippen MR) is 164 cm³/mol. The lowest BCUT2D eigenvalue weighted by Crippen LogP contribution is -2.38. The van der Waals surface area contributed by atoms with E-state index in [0.29, 0.717) is 25.4 Å². The van der Waals surface area contributed by atoms with Gasteiger partial charge < -0.3 is 28.9 Å². The number of carbonyl (C=O) groups excluding carboxylic acids is 1. The fourth-order valence-electron chi connectivity index (χ4n) is 4.15. The van der Waals surface area contributed by atoms with Crippen molar-refractivity contribution in [3.05, 3.63) is 70.3 Å². The molecule has 0 fully saturated rings. The van der Waals surface area contributed by atoms with Crippen LogP contribution in [-0.2, 0) is 36.0 Å². The van der Waals surface area contributed by atoms with Gasteiger partial charge >= 0.3 is 7.82 Å². The summed E-state index contributed by atoms with van der Waals surface area (Å²) in [6.45, 7) is 6.53. The van der Waals surface area contributed by atoms with Crippen LogP contribution in [-0.4, -0.2) is 87.6 Å². The van der Waals surface area contributed by atoms with Crippen LogP contribution in [0, 0.1) is 0 Å². The number of likely N-dealkylation sites (N-methyl/N-ethyl adjacent to an activating group) is 2. The largest absolute Gasteiger partial charge is 0.497 e. The smallest absolute Gasteiger partial charge is 0.474 e. The summed E-state index contributed by atoms with van der Waals surface area (Å²) in [5, 5.41) is -0.160. The number of ether oxygens (including phenoxy) is 3. The van der Waals surface area contributed by atoms with E-state index >= 15 is 0 Å². The van der Waals surface area contributed by atoms with Crippen LogP contribution < -0.4 is 9.47 Å². The van der Waals surface area contributed by atoms with Crippen LogP contribution in [0.1, 0.15) is 31.9 Å². The third kappa shape index (κ3) is 11.3. The average molecular weight is 627 g/mol. The summed E-state index contributed by atoms with van der Waals surface area (Å²) in [6, 6.07) is 15.7. The summed E-state index contributed by atoms with van der Waals surface area (Å²) in [5.41, 5.74) is 2.30. The summed E-state index contributed by atoms with van der Waals surface area (Å²) >= 11 is 6.45. The van der Waals surface area contributed by atoms with Gasteiger partial charge in [0.25, 0.3) is 5.91 Å². The van der Waals surface area contributed by atoms with Crippen LogP contribution >= 0.6 is 19.4 Å². The predicted octanol–water partition coefficient (Wildman–Crippen LogP) is 5.28. The van der Waals surface area contributed by atoms with Gasteiger partial charge in [-0.2, -0.15) is 0 Å². The molecule has 1 N–H and O–H groups in total. The van der Waals surface area contributed by atoms with Crippen molar-refractivity contribution in [2.45, 2.75) is 46.0 Å². The highest BCUT2D eigenvalue weighted by atomic mass is 35.5. The van der Waals surface area contributed by atoms with E-state index < -0.39 is 26.1 Å². The first kappa shape index (κ1) is 35.8. The van der Waals surface area contributed by atoms with Crippen LogP contribution in [0.25, 0.3) is 0 Å². The third-order valence-corrected chi connectivity index (χ3v) is 7.88. The number of amides is 1. The molecule has 0 saturated heterocycles. The molecule has 2 aromatic rings. The van der Waals surface area contributed by atoms with Gasteiger partial charge in [0.15, 0.2) is 6.29 Å². The molecular weight excluding hydrogens is 583 g/mol. The number of hydrogen-bond acceptors (Lipinski definition) is 8. The fourth-order valence-corrected chi connectivity index (χ4v) is 4.89. The number of hydrogen-bond donors (Lipinski definition) is 1. The summed E-state index contributed by atoms with van der Waals surface area (Å²) in [7, 11) is 1.90. The maximum absolute atomic E-state index is 12.9. The maximum Gasteiger partial charge on any atom is 0.474 e. The van der Waals surface area contributed by atoms with Gasteiger partial charge in [0, 0.05) is 32.3 Å². The molecular formula is C30H44ClN2O8P. The molecule has 2 rings (SSSR count). The van der Waals surface area contributed by atoms with Gasteiger partial charge in [-0.25, -0.2) is 4.57 Å². The van der Waals surface area contributed by atoms with E-state index in [4.69, 9.17) is 30.3 Å². The number of phosphoric ester groups is 1. The molecule has 10 nitrogen and oxygen atoms in total. The zero-order valence-corrected chi connectivity index (χ0v) is 27.2. The molecule has 0 heterocycles. The number of halogens is 1. The van der Waals surface area contributed by atoms with E-state index in [1.807, 2.05) is 75.3 Å². The highest BCUT2D eigenvalue weighted by Crippen LogP contribution is 2.45. The van der Waals surface area contributed by atoms with Gasteiger partial charge in [0.05, 0.1) is 7.11 Å². The van der Waals surface area contributed by atoms with Gasteiger partial charge in [-0.3, -0.25) is 13.8 Å². The van der Waals surface area contributed by atoms with Crippen molar-refractivity contribution in [1.29, 1.82) is 0 Å². The second-order valence-electron chi connectivity index (χ2n) is 9.85. The molecule has 0 bridgehead atoms. The number of aryl methyl sites for hydroxylation is 2. The van der Waals surface area contributed by atoms with Gasteiger partial charge in [0.1, 0.15) is 29.2 Å². The monoisotopic (exact) mass is 626 g/mol. The summed E-state index contributed by atoms with van der Waals surface area (Å²) in [6.07, 6.45) is -0.571. The Hall–Kier alpha value is -2.43. The fraction of sp³-hybridized carbons (Fsp3) is 0.500. The maximum atomic E-state index is 12.9. The van der Waals surface area contributed by atoms with E-state index in [-0.39, 0.29) is 17.2 Å². The second-order valence-corrected chi connectivity index (χ2v) is 11.7. The topological polar surface area (TPSA) is 107 Å². The average Bonchev–Trinajstić information content (AvgIpc) is 2.98. The second kappa shape index (κ2) is 17.6. The highest BCUT2D eigenvalue weighted by molar-refractivity contribution is 7.47. The van der Waals surface area contributed by atoms with Crippen molar-refractivity contribution in [2.75, 3.05) is 54.6 Å². The minimum absolute atomic E-state index is 0.0891. The van der Waals surface area contributed by atoms with Crippen LogP contribution in [0.15, 0.2) is 59.1 Å². The third-order valence-electron chi connectivity index (χ3n) is 6.50. The molecule has 0 aliphatic rings. The Morgan fingerprint density at radius 1 is 1.05 bits per heavy atom. The molecule has 0 saturated carbocycles. The van der Waals surface area contributed by atoms with E-state index in [2.05, 4.69) is 10.6 Å². The molecule has 0 spiro atoms. The van der Waals surface area contributed by atoms with Gasteiger partial charge in [-0.05, 0) is 77.0 Å². The molecule has 3 atom stereocenters. The van der Waals surface area contributed by atoms with Crippen molar-refractivity contribution < 1.29 is 37.5 Å². The Morgan fingerprint density at radius 3 is 2.36 bits per heavy atom. The Balaban J connectivity index is 2.28. The first-order chi connectivity index (χ1) is 19.9. The van der Waals surface area contributed by atoms with Gasteiger partial charge in [-0.1, -0.05) is 41.9 Å². The number of nitrogens with zero attached hydrogens (tertiary/aromatic N) is 2. The number of methoxy groups -OCH3 is 1. The lowest BCUT2D eigenvalue weighted by molar-refractivity contribution is -0.129. The Kier molecular flexibility index (Phi) is 15.0. The van der Waals surface area contributed by atoms with Crippen LogP contribution in [0.5, 0.6) is 11.5 Å². The van der Waals surface area contributed by atoms with Crippen LogP contribution in [0.4, 0.5) is 0 Å². The minimum atomic E-state index is -4.52. The number of para-hydroxylation sites is 1. The molecule has 0 aliphatic carbocycles. The summed E-state index contributed by atoms with van der Waals surface area (Å²) in [4.78, 5) is 26.4. The number of carbonyl (C=O) groups is 1. The van der Waals surface area contributed by atoms with E-state index in [0.717, 1.165) is 36.8 Å². The number of rotatable bonds is 18. The van der Waals surface area contributed by atoms with Crippen LogP contribution in [0.2, 0.25) is 0 Å². The zero-order chi connectivity index (χ0) is 31.3.